The van der Waals surface area contributed by atoms with Gasteiger partial charge in [-0.25, -0.2) is 0 Å². The number of aliphatic hydroxyl groups excluding tert-OH is 4. The molecule has 5 N–H and O–H groups in total. The van der Waals surface area contributed by atoms with Crippen molar-refractivity contribution < 1.29 is 25.2 Å². The van der Waals surface area contributed by atoms with Gasteiger partial charge in [-0.3, -0.25) is 4.79 Å². The van der Waals surface area contributed by atoms with Crippen molar-refractivity contribution in [2.24, 2.45) is 0 Å². The lowest BCUT2D eigenvalue weighted by atomic mass is 10.00. The van der Waals surface area contributed by atoms with Crippen LogP contribution in [0.25, 0.3) is 0 Å². The van der Waals surface area contributed by atoms with Crippen molar-refractivity contribution in [3.05, 3.63) is 12.2 Å². The highest BCUT2D eigenvalue weighted by Crippen LogP contribution is 2.18. The molecule has 0 aromatic carbocycles. The van der Waals surface area contributed by atoms with Gasteiger partial charge in [-0.15, -0.1) is 0 Å². The molecule has 6 heteroatoms. The Kier molecular flexibility index (Phi) is 50.3. The summed E-state index contributed by atoms with van der Waals surface area (Å²) in [6, 6.07) is -0.999. The average Bonchev–Trinajstić information content (AvgIpc) is 3.28. The molecule has 0 aliphatic heterocycles. The lowest BCUT2D eigenvalue weighted by Crippen LogP contribution is -2.53. The molecule has 0 rings (SSSR count). The van der Waals surface area contributed by atoms with Crippen LogP contribution in [0, 0.1) is 0 Å². The molecule has 6 nitrogen and oxygen atoms in total. The van der Waals surface area contributed by atoms with Crippen molar-refractivity contribution >= 4 is 5.91 Å². The van der Waals surface area contributed by atoms with Gasteiger partial charge in [-0.2, -0.15) is 0 Å². The van der Waals surface area contributed by atoms with E-state index in [1.54, 1.807) is 0 Å². The molecule has 0 aliphatic rings. The predicted molar refractivity (Wildman–Crippen MR) is 270 cm³/mol. The van der Waals surface area contributed by atoms with Crippen LogP contribution in [-0.4, -0.2) is 57.3 Å². The van der Waals surface area contributed by atoms with Crippen molar-refractivity contribution in [1.29, 1.82) is 0 Å². The van der Waals surface area contributed by atoms with Crippen molar-refractivity contribution in [3.8, 4) is 0 Å². The Bertz CT molecular complexity index is 898. The lowest BCUT2D eigenvalue weighted by Gasteiger charge is -2.27. The molecule has 1 amide bonds. The van der Waals surface area contributed by atoms with E-state index in [9.17, 15) is 25.2 Å². The van der Waals surface area contributed by atoms with E-state index in [4.69, 9.17) is 0 Å². The minimum Gasteiger partial charge on any atom is -0.394 e. The van der Waals surface area contributed by atoms with Gasteiger partial charge in [0.25, 0.3) is 0 Å². The van der Waals surface area contributed by atoms with Gasteiger partial charge in [-0.05, 0) is 38.5 Å². The van der Waals surface area contributed by atoms with E-state index in [0.29, 0.717) is 12.8 Å². The molecule has 0 fully saturated rings. The number of allylic oxidation sites excluding steroid dienone is 2. The Hall–Kier alpha value is -0.950. The first-order chi connectivity index (χ1) is 30.5. The van der Waals surface area contributed by atoms with Gasteiger partial charge in [0.05, 0.1) is 18.8 Å². The van der Waals surface area contributed by atoms with Crippen LogP contribution < -0.4 is 5.32 Å². The van der Waals surface area contributed by atoms with Crippen LogP contribution in [0.1, 0.15) is 309 Å². The zero-order chi connectivity index (χ0) is 45.2. The van der Waals surface area contributed by atoms with Gasteiger partial charge in [0.15, 0.2) is 0 Å². The predicted octanol–water partition coefficient (Wildman–Crippen LogP) is 16.1. The van der Waals surface area contributed by atoms with Crippen LogP contribution in [0.2, 0.25) is 0 Å². The van der Waals surface area contributed by atoms with E-state index in [1.807, 2.05) is 0 Å². The summed E-state index contributed by atoms with van der Waals surface area (Å²) in [7, 11) is 0. The minimum atomic E-state index is -1.28. The smallest absolute Gasteiger partial charge is 0.249 e. The van der Waals surface area contributed by atoms with E-state index in [1.165, 1.54) is 244 Å². The summed E-state index contributed by atoms with van der Waals surface area (Å²) in [5, 5.41) is 44.0. The molecule has 0 heterocycles. The van der Waals surface area contributed by atoms with Crippen LogP contribution in [0.3, 0.4) is 0 Å². The van der Waals surface area contributed by atoms with Crippen molar-refractivity contribution in [3.63, 3.8) is 0 Å². The molecule has 0 aliphatic carbocycles. The fourth-order valence-electron chi connectivity index (χ4n) is 9.06. The van der Waals surface area contributed by atoms with Crippen molar-refractivity contribution in [2.45, 2.75) is 334 Å². The van der Waals surface area contributed by atoms with E-state index >= 15 is 0 Å². The van der Waals surface area contributed by atoms with Gasteiger partial charge in [0.2, 0.25) is 5.91 Å². The summed E-state index contributed by atoms with van der Waals surface area (Å²) in [4.78, 5) is 12.6. The van der Waals surface area contributed by atoms with E-state index < -0.39 is 36.9 Å². The normalized spacial score (nSPS) is 13.8. The van der Waals surface area contributed by atoms with Crippen molar-refractivity contribution in [2.75, 3.05) is 6.61 Å². The SMILES string of the molecule is CCCCCCCCCCCCCCCCCCCCC/C=C/CCCC(O)C(O)C(CO)NC(=O)C(O)CCCCCCCCCCCCCCCCCCCCCCCC. The maximum absolute atomic E-state index is 12.6. The molecule has 62 heavy (non-hydrogen) atoms. The number of carbonyl (C=O) groups is 1. The quantitative estimate of drug-likeness (QED) is 0.0309. The summed E-state index contributed by atoms with van der Waals surface area (Å²) in [6.07, 6.45) is 60.0. The number of aliphatic hydroxyl groups is 4. The minimum absolute atomic E-state index is 0.369. The molecule has 0 bridgehead atoms. The molecule has 4 unspecified atom stereocenters. The summed E-state index contributed by atoms with van der Waals surface area (Å²) >= 11 is 0. The molecule has 4 atom stereocenters. The van der Waals surface area contributed by atoms with Gasteiger partial charge in [-0.1, -0.05) is 283 Å². The van der Waals surface area contributed by atoms with Crippen molar-refractivity contribution in [1.82, 2.24) is 5.32 Å². The molecule has 0 aromatic heterocycles. The zero-order valence-electron chi connectivity index (χ0n) is 41.9. The number of nitrogens with one attached hydrogen (secondary N) is 1. The highest BCUT2D eigenvalue weighted by Gasteiger charge is 2.28. The van der Waals surface area contributed by atoms with Crippen LogP contribution in [0.4, 0.5) is 0 Å². The maximum atomic E-state index is 12.6. The van der Waals surface area contributed by atoms with Gasteiger partial charge in [0.1, 0.15) is 12.2 Å². The zero-order valence-corrected chi connectivity index (χ0v) is 41.9. The maximum Gasteiger partial charge on any atom is 0.249 e. The topological polar surface area (TPSA) is 110 Å². The molecule has 370 valence electrons. The third-order valence-electron chi connectivity index (χ3n) is 13.5. The summed E-state index contributed by atoms with van der Waals surface area (Å²) in [5.74, 6) is -0.587. The lowest BCUT2D eigenvalue weighted by molar-refractivity contribution is -0.132. The third kappa shape index (κ3) is 44.3. The van der Waals surface area contributed by atoms with Gasteiger partial charge < -0.3 is 25.7 Å². The number of rotatable bonds is 52. The first-order valence-electron chi connectivity index (χ1n) is 28.1. The highest BCUT2D eigenvalue weighted by molar-refractivity contribution is 5.80. The Labute approximate surface area is 387 Å². The molecular formula is C56H111NO5. The van der Waals surface area contributed by atoms with Crippen LogP contribution in [-0.2, 0) is 4.79 Å². The Morgan fingerprint density at radius 3 is 0.968 bits per heavy atom. The Balaban J connectivity index is 3.63. The van der Waals surface area contributed by atoms with Gasteiger partial charge >= 0.3 is 0 Å². The fraction of sp³-hybridized carbons (Fsp3) is 0.946. The van der Waals surface area contributed by atoms with Crippen LogP contribution in [0.5, 0.6) is 0 Å². The fourth-order valence-corrected chi connectivity index (χ4v) is 9.06. The van der Waals surface area contributed by atoms with Crippen LogP contribution in [0.15, 0.2) is 12.2 Å². The number of carbonyl (C=O) groups excluding carboxylic acids is 1. The monoisotopic (exact) mass is 878 g/mol. The van der Waals surface area contributed by atoms with E-state index in [2.05, 4.69) is 31.3 Å². The number of hydrogen-bond acceptors (Lipinski definition) is 5. The second-order valence-corrected chi connectivity index (χ2v) is 19.6. The average molecular weight is 879 g/mol. The Morgan fingerprint density at radius 2 is 0.661 bits per heavy atom. The number of amides is 1. The van der Waals surface area contributed by atoms with E-state index in [0.717, 1.165) is 38.5 Å². The number of unbranched alkanes of at least 4 members (excludes halogenated alkanes) is 41. The molecule has 0 spiro atoms. The second-order valence-electron chi connectivity index (χ2n) is 19.6. The largest absolute Gasteiger partial charge is 0.394 e. The summed E-state index contributed by atoms with van der Waals surface area (Å²) in [5.41, 5.74) is 0. The molecule has 0 aromatic rings. The first-order valence-corrected chi connectivity index (χ1v) is 28.1. The van der Waals surface area contributed by atoms with E-state index in [-0.39, 0.29) is 0 Å². The molecular weight excluding hydrogens is 767 g/mol. The summed E-state index contributed by atoms with van der Waals surface area (Å²) < 4.78 is 0. The Morgan fingerprint density at radius 1 is 0.387 bits per heavy atom. The summed E-state index contributed by atoms with van der Waals surface area (Å²) in [6.45, 7) is 4.08. The first kappa shape index (κ1) is 61.0. The third-order valence-corrected chi connectivity index (χ3v) is 13.5. The second kappa shape index (κ2) is 51.0. The van der Waals surface area contributed by atoms with Gasteiger partial charge in [0, 0.05) is 0 Å². The van der Waals surface area contributed by atoms with Crippen LogP contribution >= 0.6 is 0 Å². The highest BCUT2D eigenvalue weighted by atomic mass is 16.3. The molecule has 0 saturated carbocycles. The molecule has 0 radical (unpaired) electrons. The molecule has 0 saturated heterocycles. The standard InChI is InChI=1S/C56H111NO5/c1-3-5-7-9-11-13-15-17-19-21-23-25-27-28-30-31-33-35-37-39-41-43-45-47-49-53(59)55(61)52(51-58)57-56(62)54(60)50-48-46-44-42-40-38-36-34-32-29-26-24-22-20-18-16-14-12-10-8-6-4-2/h41,43,52-55,58-61H,3-40,42,44-51H2,1-2H3,(H,57,62)/b43-41+. The number of hydrogen-bond donors (Lipinski definition) is 5.